The van der Waals surface area contributed by atoms with Gasteiger partial charge in [-0.25, -0.2) is 0 Å². The molecule has 0 fully saturated rings. The van der Waals surface area contributed by atoms with Gasteiger partial charge in [-0.15, -0.1) is 0 Å². The van der Waals surface area contributed by atoms with E-state index >= 15 is 0 Å². The summed E-state index contributed by atoms with van der Waals surface area (Å²) in [4.78, 5) is 2.48. The van der Waals surface area contributed by atoms with Gasteiger partial charge in [0.05, 0.1) is 16.4 Å². The smallest absolute Gasteiger partial charge is 0.0547 e. The van der Waals surface area contributed by atoms with Gasteiger partial charge in [-0.3, -0.25) is 0 Å². The molecule has 2 nitrogen and oxygen atoms in total. The van der Waals surface area contributed by atoms with Crippen molar-refractivity contribution in [3.05, 3.63) is 331 Å². The highest BCUT2D eigenvalue weighted by Crippen LogP contribution is 2.60. The van der Waals surface area contributed by atoms with Crippen LogP contribution in [0.5, 0.6) is 0 Å². The largest absolute Gasteiger partial charge is 0.311 e. The van der Waals surface area contributed by atoms with E-state index < -0.39 is 5.41 Å². The molecule has 0 saturated carbocycles. The summed E-state index contributed by atoms with van der Waals surface area (Å²) in [5, 5.41) is 2.47. The maximum Gasteiger partial charge on any atom is 0.0547 e. The molecule has 0 saturated heterocycles. The first-order valence-electron chi connectivity index (χ1n) is 26.2. The van der Waals surface area contributed by atoms with Gasteiger partial charge in [0.15, 0.2) is 0 Å². The van der Waals surface area contributed by atoms with E-state index in [-0.39, 0.29) is 11.8 Å². The van der Waals surface area contributed by atoms with Crippen LogP contribution in [-0.4, -0.2) is 4.57 Å². The molecule has 354 valence electrons. The molecule has 1 heterocycles. The van der Waals surface area contributed by atoms with Crippen LogP contribution in [0.4, 0.5) is 11.4 Å². The SMILES string of the molecule is C1=CC2c3ccccc3C(c3ccccc3)(c3ccccc3)C2C=C1N(c1ccccc1)c1cc(-c2ccccc2)cc(-c2cccc(-c3ccc4c5cc(-c6ccccc6)ccc5n(-c5ccccc5)c4c3)c2)c1. The van der Waals surface area contributed by atoms with Gasteiger partial charge in [-0.05, 0) is 140 Å². The summed E-state index contributed by atoms with van der Waals surface area (Å²) < 4.78 is 2.42. The van der Waals surface area contributed by atoms with Crippen molar-refractivity contribution in [2.75, 3.05) is 4.90 Å². The van der Waals surface area contributed by atoms with E-state index in [1.165, 1.54) is 71.9 Å². The second-order valence-corrected chi connectivity index (χ2v) is 20.0. The van der Waals surface area contributed by atoms with Gasteiger partial charge in [0.25, 0.3) is 0 Å². The molecule has 0 bridgehead atoms. The molecule has 0 radical (unpaired) electrons. The molecular weight excluding hydrogens is 905 g/mol. The number of fused-ring (bicyclic) bond motifs is 6. The number of allylic oxidation sites excluding steroid dienone is 3. The second kappa shape index (κ2) is 18.5. The molecule has 75 heavy (non-hydrogen) atoms. The molecule has 0 N–H and O–H groups in total. The van der Waals surface area contributed by atoms with Crippen molar-refractivity contribution >= 4 is 33.2 Å². The average Bonchev–Trinajstić information content (AvgIpc) is 4.07. The van der Waals surface area contributed by atoms with Gasteiger partial charge in [-0.1, -0.05) is 231 Å². The lowest BCUT2D eigenvalue weighted by atomic mass is 9.63. The summed E-state index contributed by atoms with van der Waals surface area (Å²) in [5.74, 6) is 0.292. The number of benzene rings is 11. The van der Waals surface area contributed by atoms with Crippen LogP contribution >= 0.6 is 0 Å². The van der Waals surface area contributed by atoms with Crippen molar-refractivity contribution in [2.45, 2.75) is 11.3 Å². The fourth-order valence-corrected chi connectivity index (χ4v) is 12.6. The number of rotatable bonds is 10. The van der Waals surface area contributed by atoms with Gasteiger partial charge in [0.2, 0.25) is 0 Å². The van der Waals surface area contributed by atoms with Gasteiger partial charge in [0.1, 0.15) is 0 Å². The van der Waals surface area contributed by atoms with Crippen LogP contribution < -0.4 is 4.90 Å². The maximum absolute atomic E-state index is 2.58. The third-order valence-electron chi connectivity index (χ3n) is 15.9. The van der Waals surface area contributed by atoms with Crippen LogP contribution in [0, 0.1) is 5.92 Å². The van der Waals surface area contributed by atoms with Gasteiger partial charge in [0, 0.05) is 45.4 Å². The van der Waals surface area contributed by atoms with Crippen LogP contribution in [0.2, 0.25) is 0 Å². The van der Waals surface area contributed by atoms with Crippen LogP contribution in [0.15, 0.2) is 309 Å². The average molecular weight is 957 g/mol. The molecule has 12 aromatic rings. The van der Waals surface area contributed by atoms with Crippen LogP contribution in [0.25, 0.3) is 72.0 Å². The number of nitrogens with zero attached hydrogens (tertiary/aromatic N) is 2. The predicted molar refractivity (Wildman–Crippen MR) is 314 cm³/mol. The fourth-order valence-electron chi connectivity index (χ4n) is 12.6. The molecule has 2 unspecified atom stereocenters. The van der Waals surface area contributed by atoms with E-state index in [0.717, 1.165) is 39.4 Å². The monoisotopic (exact) mass is 956 g/mol. The number of anilines is 2. The third kappa shape index (κ3) is 7.56. The molecule has 2 aliphatic rings. The molecule has 0 aliphatic heterocycles. The standard InChI is InChI=1S/C73H52N2/c1-7-22-51(23-8-1)55-39-43-71-68(48-55)67-41-38-56(49-72(67)75(71)62-34-17-6-18-35-62)53-26-21-27-54(44-53)58-45-57(52-24-9-2-10-25-52)46-64(47-58)74(61-32-15-5-16-33-61)63-40-42-66-65-36-19-20-37-69(65)73(70(66)50-63,59-28-11-3-12-29-59)60-30-13-4-14-31-60/h1-50,66,70H. The van der Waals surface area contributed by atoms with E-state index in [0.29, 0.717) is 0 Å². The highest BCUT2D eigenvalue weighted by Gasteiger charge is 2.53. The quantitative estimate of drug-likeness (QED) is 0.133. The summed E-state index contributed by atoms with van der Waals surface area (Å²) >= 11 is 0. The van der Waals surface area contributed by atoms with Crippen LogP contribution in [0.3, 0.4) is 0 Å². The number of para-hydroxylation sites is 2. The molecule has 0 amide bonds. The Bertz CT molecular complexity index is 4060. The molecule has 2 atom stereocenters. The third-order valence-corrected chi connectivity index (χ3v) is 15.9. The minimum atomic E-state index is -0.413. The Hall–Kier alpha value is -9.50. The van der Waals surface area contributed by atoms with E-state index in [9.17, 15) is 0 Å². The first-order chi connectivity index (χ1) is 37.2. The van der Waals surface area contributed by atoms with Crippen molar-refractivity contribution < 1.29 is 0 Å². The second-order valence-electron chi connectivity index (χ2n) is 20.0. The Morgan fingerprint density at radius 2 is 0.853 bits per heavy atom. The Balaban J connectivity index is 0.926. The van der Waals surface area contributed by atoms with Gasteiger partial charge in [-0.2, -0.15) is 0 Å². The summed E-state index contributed by atoms with van der Waals surface area (Å²) in [6, 6.07) is 105. The predicted octanol–water partition coefficient (Wildman–Crippen LogP) is 18.8. The van der Waals surface area contributed by atoms with Crippen molar-refractivity contribution in [3.8, 4) is 50.2 Å². The van der Waals surface area contributed by atoms with E-state index in [2.05, 4.69) is 313 Å². The molecule has 2 aliphatic carbocycles. The molecular formula is C73H52N2. The van der Waals surface area contributed by atoms with E-state index in [1.807, 2.05) is 0 Å². The normalized spacial score (nSPS) is 15.3. The summed E-state index contributed by atoms with van der Waals surface area (Å²) in [5.41, 5.74) is 21.2. The first-order valence-corrected chi connectivity index (χ1v) is 26.2. The number of hydrogen-bond acceptors (Lipinski definition) is 1. The summed E-state index contributed by atoms with van der Waals surface area (Å²) in [6.45, 7) is 0. The van der Waals surface area contributed by atoms with Crippen molar-refractivity contribution in [1.82, 2.24) is 4.57 Å². The zero-order valence-corrected chi connectivity index (χ0v) is 41.4. The van der Waals surface area contributed by atoms with Crippen molar-refractivity contribution in [2.24, 2.45) is 5.92 Å². The number of aromatic nitrogens is 1. The lowest BCUT2D eigenvalue weighted by molar-refractivity contribution is 0.453. The highest BCUT2D eigenvalue weighted by atomic mass is 15.1. The zero-order chi connectivity index (χ0) is 49.7. The highest BCUT2D eigenvalue weighted by molar-refractivity contribution is 6.11. The lowest BCUT2D eigenvalue weighted by Crippen LogP contribution is -2.36. The molecule has 11 aromatic carbocycles. The van der Waals surface area contributed by atoms with Gasteiger partial charge >= 0.3 is 0 Å². The van der Waals surface area contributed by atoms with Crippen LogP contribution in [-0.2, 0) is 5.41 Å². The molecule has 0 spiro atoms. The van der Waals surface area contributed by atoms with Crippen LogP contribution in [0.1, 0.15) is 28.2 Å². The molecule has 1 aromatic heterocycles. The molecule has 14 rings (SSSR count). The summed E-state index contributed by atoms with van der Waals surface area (Å²) in [7, 11) is 0. The minimum Gasteiger partial charge on any atom is -0.311 e. The maximum atomic E-state index is 2.58. The fraction of sp³-hybridized carbons (Fsp3) is 0.0411. The zero-order valence-electron chi connectivity index (χ0n) is 41.4. The summed E-state index contributed by atoms with van der Waals surface area (Å²) in [6.07, 6.45) is 7.43. The molecule has 2 heteroatoms. The Morgan fingerprint density at radius 1 is 0.347 bits per heavy atom. The Morgan fingerprint density at radius 3 is 1.53 bits per heavy atom. The van der Waals surface area contributed by atoms with Crippen molar-refractivity contribution in [3.63, 3.8) is 0 Å². The Kier molecular flexibility index (Phi) is 10.9. The first kappa shape index (κ1) is 44.2. The topological polar surface area (TPSA) is 8.17 Å². The van der Waals surface area contributed by atoms with Crippen molar-refractivity contribution in [1.29, 1.82) is 0 Å². The van der Waals surface area contributed by atoms with Gasteiger partial charge < -0.3 is 9.47 Å². The van der Waals surface area contributed by atoms with E-state index in [4.69, 9.17) is 0 Å². The minimum absolute atomic E-state index is 0.100. The van der Waals surface area contributed by atoms with E-state index in [1.54, 1.807) is 0 Å². The number of hydrogen-bond donors (Lipinski definition) is 0. The Labute approximate surface area is 439 Å². The lowest BCUT2D eigenvalue weighted by Gasteiger charge is -2.40.